The zero-order chi connectivity index (χ0) is 22.2. The third-order valence-electron chi connectivity index (χ3n) is 5.13. The number of anilines is 2. The van der Waals surface area contributed by atoms with Gasteiger partial charge in [-0.2, -0.15) is 5.10 Å². The number of imidazole rings is 1. The Morgan fingerprint density at radius 1 is 1.12 bits per heavy atom. The summed E-state index contributed by atoms with van der Waals surface area (Å²) in [5, 5.41) is 10.6. The fourth-order valence-electron chi connectivity index (χ4n) is 3.58. The number of amides is 2. The molecule has 160 valence electrons. The second-order valence-corrected chi connectivity index (χ2v) is 8.05. The standard InChI is InChI=1S/C22H17FN6O2S/c23-14-8-6-13(7-9-14)18-20(28-10-11-32-22(28)25-18)26-21(31)16-12-17(19(24)30)29(27-16)15-4-2-1-3-5-15/h1-11,17H,12H2,(H2,24,30)(H,26,31)/t17-/m1/s1. The molecule has 0 saturated carbocycles. The molecule has 3 N–H and O–H groups in total. The summed E-state index contributed by atoms with van der Waals surface area (Å²) in [7, 11) is 0. The quantitative estimate of drug-likeness (QED) is 0.489. The van der Waals surface area contributed by atoms with Gasteiger partial charge >= 0.3 is 0 Å². The van der Waals surface area contributed by atoms with Crippen LogP contribution < -0.4 is 16.1 Å². The van der Waals surface area contributed by atoms with Crippen LogP contribution in [0.3, 0.4) is 0 Å². The van der Waals surface area contributed by atoms with Crippen molar-refractivity contribution in [2.75, 3.05) is 10.3 Å². The minimum atomic E-state index is -0.763. The largest absolute Gasteiger partial charge is 0.368 e. The fourth-order valence-corrected chi connectivity index (χ4v) is 4.30. The number of benzene rings is 2. The summed E-state index contributed by atoms with van der Waals surface area (Å²) in [5.41, 5.74) is 7.57. The Balaban J connectivity index is 1.49. The van der Waals surface area contributed by atoms with Crippen LogP contribution in [-0.2, 0) is 9.59 Å². The number of aromatic nitrogens is 2. The third-order valence-corrected chi connectivity index (χ3v) is 5.89. The molecule has 2 aromatic heterocycles. The number of thiazole rings is 1. The number of para-hydroxylation sites is 1. The van der Waals surface area contributed by atoms with Crippen LogP contribution in [0.2, 0.25) is 0 Å². The average molecular weight is 448 g/mol. The summed E-state index contributed by atoms with van der Waals surface area (Å²) >= 11 is 1.41. The molecule has 0 spiro atoms. The summed E-state index contributed by atoms with van der Waals surface area (Å²) in [6.45, 7) is 0. The van der Waals surface area contributed by atoms with E-state index < -0.39 is 17.9 Å². The van der Waals surface area contributed by atoms with Crippen molar-refractivity contribution in [3.05, 3.63) is 72.0 Å². The van der Waals surface area contributed by atoms with Crippen LogP contribution in [0.1, 0.15) is 6.42 Å². The van der Waals surface area contributed by atoms with E-state index in [1.165, 1.54) is 28.5 Å². The number of hydrogen-bond acceptors (Lipinski definition) is 6. The van der Waals surface area contributed by atoms with Crippen molar-refractivity contribution in [2.24, 2.45) is 10.8 Å². The molecule has 2 aromatic carbocycles. The second-order valence-electron chi connectivity index (χ2n) is 7.17. The van der Waals surface area contributed by atoms with Gasteiger partial charge in [0.2, 0.25) is 5.91 Å². The molecule has 0 aliphatic carbocycles. The lowest BCUT2D eigenvalue weighted by Crippen LogP contribution is -2.39. The highest BCUT2D eigenvalue weighted by molar-refractivity contribution is 7.15. The van der Waals surface area contributed by atoms with Crippen LogP contribution in [0, 0.1) is 5.82 Å². The maximum atomic E-state index is 13.4. The van der Waals surface area contributed by atoms with Gasteiger partial charge in [0.1, 0.15) is 29.1 Å². The Morgan fingerprint density at radius 3 is 2.59 bits per heavy atom. The van der Waals surface area contributed by atoms with Crippen LogP contribution in [0.15, 0.2) is 71.3 Å². The molecule has 3 heterocycles. The van der Waals surface area contributed by atoms with Crippen LogP contribution in [-0.4, -0.2) is 33.0 Å². The smallest absolute Gasteiger partial charge is 0.273 e. The van der Waals surface area contributed by atoms with Crippen molar-refractivity contribution < 1.29 is 14.0 Å². The highest BCUT2D eigenvalue weighted by Gasteiger charge is 2.35. The molecular formula is C22H17FN6O2S. The Hall–Kier alpha value is -4.05. The van der Waals surface area contributed by atoms with Gasteiger partial charge in [0.05, 0.1) is 5.69 Å². The van der Waals surface area contributed by atoms with Gasteiger partial charge in [0.15, 0.2) is 4.96 Å². The van der Waals surface area contributed by atoms with Gasteiger partial charge in [-0.3, -0.25) is 19.0 Å². The molecule has 10 heteroatoms. The lowest BCUT2D eigenvalue weighted by atomic mass is 10.1. The highest BCUT2D eigenvalue weighted by atomic mass is 32.1. The second kappa shape index (κ2) is 7.89. The van der Waals surface area contributed by atoms with Crippen molar-refractivity contribution >= 4 is 45.3 Å². The molecule has 1 aliphatic heterocycles. The van der Waals surface area contributed by atoms with Crippen molar-refractivity contribution in [1.29, 1.82) is 0 Å². The predicted molar refractivity (Wildman–Crippen MR) is 121 cm³/mol. The topological polar surface area (TPSA) is 105 Å². The maximum Gasteiger partial charge on any atom is 0.273 e. The van der Waals surface area contributed by atoms with Gasteiger partial charge in [-0.15, -0.1) is 11.3 Å². The Bertz CT molecular complexity index is 1350. The maximum absolute atomic E-state index is 13.4. The van der Waals surface area contributed by atoms with Crippen LogP contribution >= 0.6 is 11.3 Å². The van der Waals surface area contributed by atoms with E-state index in [1.807, 2.05) is 23.6 Å². The van der Waals surface area contributed by atoms with E-state index in [1.54, 1.807) is 34.9 Å². The van der Waals surface area contributed by atoms with Crippen molar-refractivity contribution in [1.82, 2.24) is 9.38 Å². The summed E-state index contributed by atoms with van der Waals surface area (Å²) in [6.07, 6.45) is 1.86. The molecular weight excluding hydrogens is 431 g/mol. The van der Waals surface area contributed by atoms with Gasteiger partial charge in [-0.1, -0.05) is 18.2 Å². The first-order valence-electron chi connectivity index (χ1n) is 9.75. The van der Waals surface area contributed by atoms with E-state index in [0.717, 1.165) is 0 Å². The lowest BCUT2D eigenvalue weighted by Gasteiger charge is -2.20. The Labute approximate surface area is 185 Å². The number of halogens is 1. The van der Waals surface area contributed by atoms with Gasteiger partial charge in [0, 0.05) is 23.6 Å². The van der Waals surface area contributed by atoms with E-state index in [-0.39, 0.29) is 17.9 Å². The van der Waals surface area contributed by atoms with Crippen LogP contribution in [0.5, 0.6) is 0 Å². The minimum Gasteiger partial charge on any atom is -0.368 e. The molecule has 8 nitrogen and oxygen atoms in total. The number of nitrogens with zero attached hydrogens (tertiary/aromatic N) is 4. The predicted octanol–water partition coefficient (Wildman–Crippen LogP) is 3.26. The number of fused-ring (bicyclic) bond motifs is 1. The van der Waals surface area contributed by atoms with Gasteiger partial charge in [-0.05, 0) is 36.4 Å². The van der Waals surface area contributed by atoms with Gasteiger partial charge in [0.25, 0.3) is 5.91 Å². The van der Waals surface area contributed by atoms with Crippen molar-refractivity contribution in [3.63, 3.8) is 0 Å². The number of carbonyl (C=O) groups is 2. The van der Waals surface area contributed by atoms with E-state index in [0.29, 0.717) is 27.7 Å². The zero-order valence-electron chi connectivity index (χ0n) is 16.6. The first kappa shape index (κ1) is 19.9. The summed E-state index contributed by atoms with van der Waals surface area (Å²) < 4.78 is 15.1. The summed E-state index contributed by atoms with van der Waals surface area (Å²) in [5.74, 6) is -0.962. The first-order chi connectivity index (χ1) is 15.5. The van der Waals surface area contributed by atoms with E-state index in [2.05, 4.69) is 15.4 Å². The van der Waals surface area contributed by atoms with E-state index in [4.69, 9.17) is 5.73 Å². The minimum absolute atomic E-state index is 0.0769. The molecule has 0 radical (unpaired) electrons. The highest BCUT2D eigenvalue weighted by Crippen LogP contribution is 2.31. The monoisotopic (exact) mass is 448 g/mol. The number of rotatable bonds is 5. The molecule has 5 rings (SSSR count). The zero-order valence-corrected chi connectivity index (χ0v) is 17.4. The van der Waals surface area contributed by atoms with Crippen LogP contribution in [0.25, 0.3) is 16.2 Å². The molecule has 0 saturated heterocycles. The molecule has 1 aliphatic rings. The molecule has 0 fully saturated rings. The number of nitrogens with two attached hydrogens (primary N) is 1. The third kappa shape index (κ3) is 3.50. The number of carbonyl (C=O) groups excluding carboxylic acids is 2. The van der Waals surface area contributed by atoms with Crippen molar-refractivity contribution in [2.45, 2.75) is 12.5 Å². The molecule has 0 unspecified atom stereocenters. The van der Waals surface area contributed by atoms with Crippen LogP contribution in [0.4, 0.5) is 15.9 Å². The van der Waals surface area contributed by atoms with E-state index >= 15 is 0 Å². The molecule has 2 amide bonds. The molecule has 32 heavy (non-hydrogen) atoms. The summed E-state index contributed by atoms with van der Waals surface area (Å²) in [4.78, 5) is 30.4. The normalized spacial score (nSPS) is 15.7. The SMILES string of the molecule is NC(=O)[C@H]1CC(C(=O)Nc2c(-c3ccc(F)cc3)nc3sccn23)=NN1c1ccccc1. The Kier molecular flexibility index (Phi) is 4.91. The molecule has 1 atom stereocenters. The number of nitrogens with one attached hydrogen (secondary N) is 1. The Morgan fingerprint density at radius 2 is 1.88 bits per heavy atom. The van der Waals surface area contributed by atoms with Crippen molar-refractivity contribution in [3.8, 4) is 11.3 Å². The lowest BCUT2D eigenvalue weighted by molar-refractivity contribution is -0.119. The van der Waals surface area contributed by atoms with Gasteiger partial charge < -0.3 is 11.1 Å². The molecule has 4 aromatic rings. The summed E-state index contributed by atoms with van der Waals surface area (Å²) in [6, 6.07) is 14.2. The van der Waals surface area contributed by atoms with E-state index in [9.17, 15) is 14.0 Å². The number of primary amides is 1. The molecule has 0 bridgehead atoms. The first-order valence-corrected chi connectivity index (χ1v) is 10.6. The number of hydrogen-bond donors (Lipinski definition) is 2. The number of hydrazone groups is 1. The average Bonchev–Trinajstić information content (AvgIpc) is 3.51. The van der Waals surface area contributed by atoms with Gasteiger partial charge in [-0.25, -0.2) is 9.37 Å². The fraction of sp³-hybridized carbons (Fsp3) is 0.0909.